The zero-order valence-electron chi connectivity index (χ0n) is 11.5. The fraction of sp³-hybridized carbons (Fsp3) is 0.188. The minimum Gasteiger partial charge on any atom is -0.399 e. The molecule has 3 nitrogen and oxygen atoms in total. The molecule has 0 aliphatic rings. The predicted octanol–water partition coefficient (Wildman–Crippen LogP) is 3.99. The third-order valence-electron chi connectivity index (χ3n) is 3.43. The lowest BCUT2D eigenvalue weighted by molar-refractivity contribution is 0.739. The van der Waals surface area contributed by atoms with Gasteiger partial charge in [-0.15, -0.1) is 0 Å². The molecule has 2 aromatic rings. The molecular weight excluding hydrogens is 270 g/mol. The Morgan fingerprint density at radius 3 is 2.65 bits per heavy atom. The van der Waals surface area contributed by atoms with E-state index in [4.69, 9.17) is 17.3 Å². The second-order valence-electron chi connectivity index (χ2n) is 4.73. The van der Waals surface area contributed by atoms with Gasteiger partial charge in [-0.2, -0.15) is 5.26 Å². The van der Waals surface area contributed by atoms with Crippen molar-refractivity contribution in [2.45, 2.75) is 13.0 Å². The largest absolute Gasteiger partial charge is 0.399 e. The molecule has 1 unspecified atom stereocenters. The van der Waals surface area contributed by atoms with Crippen LogP contribution in [0.4, 0.5) is 11.4 Å². The lowest BCUT2D eigenvalue weighted by Crippen LogP contribution is -2.22. The van der Waals surface area contributed by atoms with Gasteiger partial charge >= 0.3 is 0 Å². The summed E-state index contributed by atoms with van der Waals surface area (Å²) in [7, 11) is 1.96. The molecule has 0 fully saturated rings. The van der Waals surface area contributed by atoms with Crippen LogP contribution < -0.4 is 10.6 Å². The zero-order valence-corrected chi connectivity index (χ0v) is 12.2. The molecule has 20 heavy (non-hydrogen) atoms. The van der Waals surface area contributed by atoms with Gasteiger partial charge in [0.05, 0.1) is 17.3 Å². The summed E-state index contributed by atoms with van der Waals surface area (Å²) in [6, 6.07) is 15.4. The highest BCUT2D eigenvalue weighted by molar-refractivity contribution is 6.30. The van der Waals surface area contributed by atoms with Gasteiger partial charge in [0, 0.05) is 17.8 Å². The first-order valence-electron chi connectivity index (χ1n) is 6.31. The molecule has 0 aromatic heterocycles. The number of nitriles is 1. The van der Waals surface area contributed by atoms with Crippen molar-refractivity contribution in [3.63, 3.8) is 0 Å². The van der Waals surface area contributed by atoms with E-state index in [1.807, 2.05) is 42.3 Å². The van der Waals surface area contributed by atoms with Crippen molar-refractivity contribution in [2.24, 2.45) is 0 Å². The molecule has 0 radical (unpaired) electrons. The standard InChI is InChI=1S/C16H16ClN3/c1-11(12-4-3-5-14(17)8-12)20(2)16-7-6-15(19)9-13(16)10-18/h3-9,11H,19H2,1-2H3. The third-order valence-corrected chi connectivity index (χ3v) is 3.67. The lowest BCUT2D eigenvalue weighted by Gasteiger charge is -2.28. The summed E-state index contributed by atoms with van der Waals surface area (Å²) in [4.78, 5) is 2.05. The smallest absolute Gasteiger partial charge is 0.101 e. The van der Waals surface area contributed by atoms with Crippen LogP contribution in [0.15, 0.2) is 42.5 Å². The maximum Gasteiger partial charge on any atom is 0.101 e. The Bertz CT molecular complexity index is 661. The van der Waals surface area contributed by atoms with Crippen LogP contribution in [-0.4, -0.2) is 7.05 Å². The van der Waals surface area contributed by atoms with Crippen molar-refractivity contribution in [2.75, 3.05) is 17.7 Å². The van der Waals surface area contributed by atoms with Crippen LogP contribution in [-0.2, 0) is 0 Å². The third kappa shape index (κ3) is 2.87. The molecule has 2 aromatic carbocycles. The van der Waals surface area contributed by atoms with Crippen molar-refractivity contribution in [3.8, 4) is 6.07 Å². The number of nitrogens with two attached hydrogens (primary N) is 1. The Balaban J connectivity index is 2.36. The SMILES string of the molecule is CC(c1cccc(Cl)c1)N(C)c1ccc(N)cc1C#N. The number of nitrogen functional groups attached to an aromatic ring is 1. The van der Waals surface area contributed by atoms with Gasteiger partial charge in [0.15, 0.2) is 0 Å². The van der Waals surface area contributed by atoms with Gasteiger partial charge in [0.25, 0.3) is 0 Å². The van der Waals surface area contributed by atoms with Crippen LogP contribution in [0, 0.1) is 11.3 Å². The van der Waals surface area contributed by atoms with Gasteiger partial charge in [-0.1, -0.05) is 23.7 Å². The van der Waals surface area contributed by atoms with Crippen LogP contribution in [0.2, 0.25) is 5.02 Å². The Morgan fingerprint density at radius 1 is 1.25 bits per heavy atom. The van der Waals surface area contributed by atoms with E-state index in [9.17, 15) is 5.26 Å². The molecule has 1 atom stereocenters. The lowest BCUT2D eigenvalue weighted by atomic mass is 10.1. The summed E-state index contributed by atoms with van der Waals surface area (Å²) < 4.78 is 0. The Morgan fingerprint density at radius 2 is 2.00 bits per heavy atom. The van der Waals surface area contributed by atoms with Crippen LogP contribution in [0.25, 0.3) is 0 Å². The molecule has 0 spiro atoms. The molecule has 2 rings (SSSR count). The van der Waals surface area contributed by atoms with E-state index in [1.165, 1.54) is 0 Å². The first-order chi connectivity index (χ1) is 9.52. The molecule has 0 heterocycles. The summed E-state index contributed by atoms with van der Waals surface area (Å²) in [5, 5.41) is 9.94. The monoisotopic (exact) mass is 285 g/mol. The van der Waals surface area contributed by atoms with Gasteiger partial charge in [-0.25, -0.2) is 0 Å². The zero-order chi connectivity index (χ0) is 14.7. The number of benzene rings is 2. The highest BCUT2D eigenvalue weighted by Crippen LogP contribution is 2.30. The van der Waals surface area contributed by atoms with E-state index in [0.29, 0.717) is 16.3 Å². The fourth-order valence-electron chi connectivity index (χ4n) is 2.15. The molecular formula is C16H16ClN3. The normalized spacial score (nSPS) is 11.7. The van der Waals surface area contributed by atoms with E-state index in [-0.39, 0.29) is 6.04 Å². The van der Waals surface area contributed by atoms with Gasteiger partial charge in [0.2, 0.25) is 0 Å². The number of rotatable bonds is 3. The highest BCUT2D eigenvalue weighted by Gasteiger charge is 2.15. The van der Waals surface area contributed by atoms with E-state index < -0.39 is 0 Å². The summed E-state index contributed by atoms with van der Waals surface area (Å²) in [5.41, 5.74) is 8.84. The topological polar surface area (TPSA) is 53.0 Å². The Labute approximate surface area is 124 Å². The van der Waals surface area contributed by atoms with Crippen LogP contribution >= 0.6 is 11.6 Å². The molecule has 0 amide bonds. The Kier molecular flexibility index (Phi) is 4.16. The number of anilines is 2. The quantitative estimate of drug-likeness (QED) is 0.868. The predicted molar refractivity (Wildman–Crippen MR) is 83.8 cm³/mol. The van der Waals surface area contributed by atoms with E-state index in [2.05, 4.69) is 13.0 Å². The first kappa shape index (κ1) is 14.2. The second kappa shape index (κ2) is 5.85. The minimum atomic E-state index is 0.101. The minimum absolute atomic E-state index is 0.101. The van der Waals surface area contributed by atoms with Crippen molar-refractivity contribution < 1.29 is 0 Å². The molecule has 0 aliphatic heterocycles. The van der Waals surface area contributed by atoms with Crippen molar-refractivity contribution in [3.05, 3.63) is 58.6 Å². The molecule has 0 bridgehead atoms. The van der Waals surface area contributed by atoms with Crippen molar-refractivity contribution in [1.29, 1.82) is 5.26 Å². The fourth-order valence-corrected chi connectivity index (χ4v) is 2.35. The average molecular weight is 286 g/mol. The van der Waals surface area contributed by atoms with Crippen LogP contribution in [0.1, 0.15) is 24.1 Å². The van der Waals surface area contributed by atoms with Crippen molar-refractivity contribution >= 4 is 23.0 Å². The number of hydrogen-bond donors (Lipinski definition) is 1. The first-order valence-corrected chi connectivity index (χ1v) is 6.68. The number of halogens is 1. The summed E-state index contributed by atoms with van der Waals surface area (Å²) >= 11 is 6.03. The summed E-state index contributed by atoms with van der Waals surface area (Å²) in [6.45, 7) is 2.07. The molecule has 0 saturated carbocycles. The second-order valence-corrected chi connectivity index (χ2v) is 5.17. The molecule has 102 valence electrons. The molecule has 2 N–H and O–H groups in total. The van der Waals surface area contributed by atoms with E-state index in [1.54, 1.807) is 12.1 Å². The van der Waals surface area contributed by atoms with Crippen molar-refractivity contribution in [1.82, 2.24) is 0 Å². The van der Waals surface area contributed by atoms with Gasteiger partial charge < -0.3 is 10.6 Å². The summed E-state index contributed by atoms with van der Waals surface area (Å²) in [6.07, 6.45) is 0. The molecule has 4 heteroatoms. The van der Waals surface area contributed by atoms with Gasteiger partial charge in [-0.05, 0) is 42.8 Å². The average Bonchev–Trinajstić information content (AvgIpc) is 2.45. The van der Waals surface area contributed by atoms with E-state index in [0.717, 1.165) is 11.3 Å². The van der Waals surface area contributed by atoms with Gasteiger partial charge in [0.1, 0.15) is 6.07 Å². The van der Waals surface area contributed by atoms with Gasteiger partial charge in [-0.3, -0.25) is 0 Å². The highest BCUT2D eigenvalue weighted by atomic mass is 35.5. The van der Waals surface area contributed by atoms with Crippen LogP contribution in [0.3, 0.4) is 0 Å². The maximum absolute atomic E-state index is 9.23. The maximum atomic E-state index is 9.23. The molecule has 0 saturated heterocycles. The number of hydrogen-bond acceptors (Lipinski definition) is 3. The molecule has 0 aliphatic carbocycles. The van der Waals surface area contributed by atoms with Crippen LogP contribution in [0.5, 0.6) is 0 Å². The Hall–Kier alpha value is -2.18. The number of nitrogens with zero attached hydrogens (tertiary/aromatic N) is 2. The summed E-state index contributed by atoms with van der Waals surface area (Å²) in [5.74, 6) is 0. The van der Waals surface area contributed by atoms with E-state index >= 15 is 0 Å².